The molecule has 1 N–H and O–H groups in total. The van der Waals surface area contributed by atoms with Crippen LogP contribution in [-0.4, -0.2) is 23.5 Å². The Labute approximate surface area is 95.6 Å². The third-order valence-corrected chi connectivity index (χ3v) is 5.95. The minimum Gasteiger partial charge on any atom is -0.290 e. The minimum atomic E-state index is -0.467. The quantitative estimate of drug-likeness (QED) is 0.706. The average molecular weight is 219 g/mol. The van der Waals surface area contributed by atoms with Gasteiger partial charge >= 0.3 is 0 Å². The number of hydrogen-bond donors (Lipinski definition) is 1. The Kier molecular flexibility index (Phi) is 1.64. The Morgan fingerprint density at radius 2 is 2.31 bits per heavy atom. The van der Waals surface area contributed by atoms with Crippen LogP contribution in [0.1, 0.15) is 33.1 Å². The standard InChI is InChI=1S/C12H17N3O/c1-10-7-15(14-8-16)12(6-13)5-9(10)3-4-11(10,12)2/h8-9H,3-5,7H2,1-2H3,(H,14,16)/t9-,10-,11+,12-/m1/s1. The normalized spacial score (nSPS) is 53.9. The second-order valence-corrected chi connectivity index (χ2v) is 5.99. The maximum absolute atomic E-state index is 10.6. The molecule has 86 valence electrons. The third kappa shape index (κ3) is 0.708. The van der Waals surface area contributed by atoms with Crippen molar-refractivity contribution in [1.29, 1.82) is 5.26 Å². The maximum atomic E-state index is 10.6. The highest BCUT2D eigenvalue weighted by atomic mass is 16.1. The summed E-state index contributed by atoms with van der Waals surface area (Å²) < 4.78 is 0. The Hall–Kier alpha value is -1.08. The third-order valence-electron chi connectivity index (χ3n) is 5.95. The Morgan fingerprint density at radius 1 is 1.56 bits per heavy atom. The summed E-state index contributed by atoms with van der Waals surface area (Å²) in [4.78, 5) is 10.6. The van der Waals surface area contributed by atoms with Crippen LogP contribution in [0.4, 0.5) is 0 Å². The van der Waals surface area contributed by atoms with Crippen LogP contribution in [0.3, 0.4) is 0 Å². The smallest absolute Gasteiger partial charge is 0.221 e. The second-order valence-electron chi connectivity index (χ2n) is 5.99. The van der Waals surface area contributed by atoms with E-state index in [0.29, 0.717) is 12.3 Å². The molecule has 16 heavy (non-hydrogen) atoms. The number of carbonyl (C=O) groups excluding carboxylic acids is 1. The molecule has 0 unspecified atom stereocenters. The molecule has 4 nitrogen and oxygen atoms in total. The van der Waals surface area contributed by atoms with Gasteiger partial charge in [0.15, 0.2) is 0 Å². The molecule has 4 bridgehead atoms. The van der Waals surface area contributed by atoms with Gasteiger partial charge in [0.05, 0.1) is 6.07 Å². The topological polar surface area (TPSA) is 56.1 Å². The number of amides is 1. The number of piperidine rings is 1. The van der Waals surface area contributed by atoms with Gasteiger partial charge in [0.1, 0.15) is 5.54 Å². The molecular weight excluding hydrogens is 202 g/mol. The lowest BCUT2D eigenvalue weighted by molar-refractivity contribution is -0.116. The molecule has 0 radical (unpaired) electrons. The lowest BCUT2D eigenvalue weighted by atomic mass is 9.66. The molecule has 4 heteroatoms. The highest BCUT2D eigenvalue weighted by Crippen LogP contribution is 2.75. The van der Waals surface area contributed by atoms with Crippen LogP contribution in [0.15, 0.2) is 0 Å². The fraction of sp³-hybridized carbons (Fsp3) is 0.833. The summed E-state index contributed by atoms with van der Waals surface area (Å²) in [6, 6.07) is 2.51. The van der Waals surface area contributed by atoms with E-state index in [1.54, 1.807) is 0 Å². The Morgan fingerprint density at radius 3 is 2.88 bits per heavy atom. The molecule has 1 saturated heterocycles. The van der Waals surface area contributed by atoms with Gasteiger partial charge in [0.25, 0.3) is 0 Å². The van der Waals surface area contributed by atoms with Crippen molar-refractivity contribution < 1.29 is 4.79 Å². The zero-order chi connectivity index (χ0) is 11.6. The summed E-state index contributed by atoms with van der Waals surface area (Å²) in [6.07, 6.45) is 3.96. The summed E-state index contributed by atoms with van der Waals surface area (Å²) in [5.41, 5.74) is 2.50. The van der Waals surface area contributed by atoms with Crippen molar-refractivity contribution >= 4 is 6.41 Å². The molecule has 3 rings (SSSR count). The zero-order valence-corrected chi connectivity index (χ0v) is 9.79. The van der Waals surface area contributed by atoms with Gasteiger partial charge in [-0.3, -0.25) is 10.2 Å². The van der Waals surface area contributed by atoms with Crippen LogP contribution >= 0.6 is 0 Å². The van der Waals surface area contributed by atoms with E-state index in [4.69, 9.17) is 0 Å². The van der Waals surface area contributed by atoms with Crippen LogP contribution in [0.5, 0.6) is 0 Å². The Bertz CT molecular complexity index is 404. The number of nitrogens with one attached hydrogen (secondary N) is 1. The summed E-state index contributed by atoms with van der Waals surface area (Å²) in [6.45, 7) is 5.34. The molecule has 3 fully saturated rings. The second kappa shape index (κ2) is 2.60. The zero-order valence-electron chi connectivity index (χ0n) is 9.79. The van der Waals surface area contributed by atoms with Crippen LogP contribution < -0.4 is 5.43 Å². The van der Waals surface area contributed by atoms with Gasteiger partial charge in [-0.25, -0.2) is 5.01 Å². The monoisotopic (exact) mass is 219 g/mol. The number of nitriles is 1. The van der Waals surface area contributed by atoms with Gasteiger partial charge in [-0.1, -0.05) is 13.8 Å². The van der Waals surface area contributed by atoms with Crippen molar-refractivity contribution in [2.75, 3.05) is 6.54 Å². The Balaban J connectivity index is 2.12. The van der Waals surface area contributed by atoms with E-state index < -0.39 is 5.54 Å². The molecule has 3 aliphatic rings. The van der Waals surface area contributed by atoms with E-state index in [2.05, 4.69) is 25.3 Å². The van der Waals surface area contributed by atoms with E-state index in [0.717, 1.165) is 19.4 Å². The van der Waals surface area contributed by atoms with Gasteiger partial charge in [-0.2, -0.15) is 5.26 Å². The van der Waals surface area contributed by atoms with E-state index in [1.807, 2.05) is 5.01 Å². The maximum Gasteiger partial charge on any atom is 0.221 e. The summed E-state index contributed by atoms with van der Waals surface area (Å²) in [5.74, 6) is 0.654. The van der Waals surface area contributed by atoms with Gasteiger partial charge in [0, 0.05) is 12.0 Å². The highest BCUT2D eigenvalue weighted by Gasteiger charge is 2.78. The fourth-order valence-corrected chi connectivity index (χ4v) is 4.73. The molecule has 2 saturated carbocycles. The number of carbonyl (C=O) groups is 1. The number of rotatable bonds is 2. The van der Waals surface area contributed by atoms with Crippen LogP contribution in [-0.2, 0) is 4.79 Å². The van der Waals surface area contributed by atoms with E-state index >= 15 is 0 Å². The van der Waals surface area contributed by atoms with Crippen molar-refractivity contribution in [2.24, 2.45) is 16.7 Å². The molecule has 0 aromatic heterocycles. The molecule has 1 amide bonds. The summed E-state index contributed by atoms with van der Waals surface area (Å²) >= 11 is 0. The molecule has 1 heterocycles. The van der Waals surface area contributed by atoms with E-state index in [1.165, 1.54) is 6.42 Å². The molecule has 0 aromatic rings. The average Bonchev–Trinajstić information content (AvgIpc) is 2.69. The first kappa shape index (κ1) is 10.1. The summed E-state index contributed by atoms with van der Waals surface area (Å²) in [5, 5.41) is 11.5. The van der Waals surface area contributed by atoms with Crippen molar-refractivity contribution in [3.63, 3.8) is 0 Å². The highest BCUT2D eigenvalue weighted by molar-refractivity contribution is 5.47. The predicted octanol–water partition coefficient (Wildman–Crippen LogP) is 1.05. The van der Waals surface area contributed by atoms with Gasteiger partial charge < -0.3 is 0 Å². The SMILES string of the molecule is C[C@@]12CC[C@@H]3C[C@]1(C#N)N(NC=O)C[C@]32C. The van der Waals surface area contributed by atoms with Gasteiger partial charge in [0.2, 0.25) is 6.41 Å². The van der Waals surface area contributed by atoms with Crippen molar-refractivity contribution in [3.8, 4) is 6.07 Å². The van der Waals surface area contributed by atoms with Gasteiger partial charge in [-0.15, -0.1) is 0 Å². The van der Waals surface area contributed by atoms with E-state index in [9.17, 15) is 10.1 Å². The van der Waals surface area contributed by atoms with Gasteiger partial charge in [-0.05, 0) is 30.6 Å². The van der Waals surface area contributed by atoms with Crippen LogP contribution in [0, 0.1) is 28.1 Å². The first-order valence-corrected chi connectivity index (χ1v) is 5.93. The van der Waals surface area contributed by atoms with Crippen LogP contribution in [0.25, 0.3) is 0 Å². The minimum absolute atomic E-state index is 0.0371. The molecule has 4 atom stereocenters. The van der Waals surface area contributed by atoms with Crippen molar-refractivity contribution in [1.82, 2.24) is 10.4 Å². The fourth-order valence-electron chi connectivity index (χ4n) is 4.73. The number of hydrazine groups is 1. The molecule has 0 spiro atoms. The molecule has 1 aliphatic heterocycles. The molecule has 0 aromatic carbocycles. The predicted molar refractivity (Wildman–Crippen MR) is 57.8 cm³/mol. The molecular formula is C12H17N3O. The lowest BCUT2D eigenvalue weighted by Crippen LogP contribution is -2.57. The van der Waals surface area contributed by atoms with Crippen LogP contribution in [0.2, 0.25) is 0 Å². The molecule has 2 aliphatic carbocycles. The van der Waals surface area contributed by atoms with Crippen molar-refractivity contribution in [3.05, 3.63) is 0 Å². The largest absolute Gasteiger partial charge is 0.290 e. The first-order valence-electron chi connectivity index (χ1n) is 5.93. The first-order chi connectivity index (χ1) is 7.54. The number of hydrogen-bond acceptors (Lipinski definition) is 3. The summed E-state index contributed by atoms with van der Waals surface area (Å²) in [7, 11) is 0. The van der Waals surface area contributed by atoms with E-state index in [-0.39, 0.29) is 10.8 Å². The number of nitrogens with zero attached hydrogens (tertiary/aromatic N) is 2. The van der Waals surface area contributed by atoms with Crippen molar-refractivity contribution in [2.45, 2.75) is 38.6 Å². The lowest BCUT2D eigenvalue weighted by Gasteiger charge is -2.42.